The number of rotatable bonds is 23. The first-order valence-corrected chi connectivity index (χ1v) is 14.0. The minimum absolute atomic E-state index is 0.145. The van der Waals surface area contributed by atoms with E-state index in [1.807, 2.05) is 0 Å². The lowest BCUT2D eigenvalue weighted by Crippen LogP contribution is -2.28. The minimum atomic E-state index is -4.58. The summed E-state index contributed by atoms with van der Waals surface area (Å²) in [5, 5.41) is 18.6. The van der Waals surface area contributed by atoms with Crippen molar-refractivity contribution < 1.29 is 47.8 Å². The SMILES string of the molecule is CCCCCCCCCCCCC(=O)OC(CO)COP(=O)(O)OCC(CO)OC(=O)CCC. The van der Waals surface area contributed by atoms with E-state index < -0.39 is 58.4 Å². The number of phosphoric acid groups is 1. The van der Waals surface area contributed by atoms with Crippen molar-refractivity contribution in [2.45, 2.75) is 110 Å². The zero-order valence-electron chi connectivity index (χ0n) is 20.8. The van der Waals surface area contributed by atoms with Crippen molar-refractivity contribution in [3.8, 4) is 0 Å². The first kappa shape index (κ1) is 33.0. The molecule has 0 spiro atoms. The molecule has 0 aromatic heterocycles. The minimum Gasteiger partial charge on any atom is -0.457 e. The van der Waals surface area contributed by atoms with Crippen molar-refractivity contribution in [3.05, 3.63) is 0 Å². The lowest BCUT2D eigenvalue weighted by atomic mass is 10.1. The Hall–Kier alpha value is -1.03. The van der Waals surface area contributed by atoms with Crippen LogP contribution in [0.3, 0.4) is 0 Å². The molecular weight excluding hydrogens is 467 g/mol. The van der Waals surface area contributed by atoms with Gasteiger partial charge in [0.1, 0.15) is 12.2 Å². The third-order valence-corrected chi connectivity index (χ3v) is 5.99. The van der Waals surface area contributed by atoms with Crippen LogP contribution in [0.2, 0.25) is 0 Å². The first-order chi connectivity index (χ1) is 16.3. The van der Waals surface area contributed by atoms with Crippen LogP contribution >= 0.6 is 7.82 Å². The van der Waals surface area contributed by atoms with Gasteiger partial charge in [0.05, 0.1) is 26.4 Å². The summed E-state index contributed by atoms with van der Waals surface area (Å²) in [5.74, 6) is -1.08. The van der Waals surface area contributed by atoms with Gasteiger partial charge in [0, 0.05) is 12.8 Å². The predicted octanol–water partition coefficient (Wildman–Crippen LogP) is 4.04. The number of carbonyl (C=O) groups is 2. The van der Waals surface area contributed by atoms with Crippen LogP contribution in [0.1, 0.15) is 97.3 Å². The molecule has 0 saturated carbocycles. The van der Waals surface area contributed by atoms with E-state index in [0.717, 1.165) is 19.3 Å². The van der Waals surface area contributed by atoms with Gasteiger partial charge in [-0.25, -0.2) is 4.57 Å². The Kier molecular flexibility index (Phi) is 20.6. The highest BCUT2D eigenvalue weighted by molar-refractivity contribution is 7.47. The van der Waals surface area contributed by atoms with E-state index >= 15 is 0 Å². The third-order valence-electron chi connectivity index (χ3n) is 5.04. The highest BCUT2D eigenvalue weighted by Crippen LogP contribution is 2.43. The van der Waals surface area contributed by atoms with Gasteiger partial charge in [-0.1, -0.05) is 71.6 Å². The van der Waals surface area contributed by atoms with Gasteiger partial charge in [-0.15, -0.1) is 0 Å². The molecule has 0 heterocycles. The Bertz CT molecular complexity index is 572. The van der Waals surface area contributed by atoms with Crippen LogP contribution < -0.4 is 0 Å². The molecule has 0 saturated heterocycles. The zero-order valence-corrected chi connectivity index (χ0v) is 21.7. The van der Waals surface area contributed by atoms with E-state index in [4.69, 9.17) is 18.5 Å². The lowest BCUT2D eigenvalue weighted by Gasteiger charge is -2.20. The van der Waals surface area contributed by atoms with E-state index in [0.29, 0.717) is 12.8 Å². The Morgan fingerprint density at radius 2 is 1.09 bits per heavy atom. The highest BCUT2D eigenvalue weighted by Gasteiger charge is 2.27. The summed E-state index contributed by atoms with van der Waals surface area (Å²) in [6.07, 6.45) is 10.0. The topological polar surface area (TPSA) is 149 Å². The van der Waals surface area contributed by atoms with Crippen molar-refractivity contribution in [2.24, 2.45) is 0 Å². The summed E-state index contributed by atoms with van der Waals surface area (Å²) in [6, 6.07) is 0. The summed E-state index contributed by atoms with van der Waals surface area (Å²) >= 11 is 0. The number of unbranched alkanes of at least 4 members (excludes halogenated alkanes) is 9. The Morgan fingerprint density at radius 1 is 0.676 bits per heavy atom. The average molecular weight is 513 g/mol. The normalized spacial score (nSPS) is 14.9. The smallest absolute Gasteiger partial charge is 0.457 e. The molecule has 3 atom stereocenters. The molecule has 34 heavy (non-hydrogen) atoms. The van der Waals surface area contributed by atoms with Gasteiger partial charge in [0.25, 0.3) is 0 Å². The predicted molar refractivity (Wildman–Crippen MR) is 127 cm³/mol. The number of hydrogen-bond acceptors (Lipinski definition) is 9. The molecule has 0 rings (SSSR count). The van der Waals surface area contributed by atoms with Gasteiger partial charge >= 0.3 is 19.8 Å². The quantitative estimate of drug-likeness (QED) is 0.104. The molecule has 3 unspecified atom stereocenters. The molecule has 0 bridgehead atoms. The monoisotopic (exact) mass is 512 g/mol. The molecule has 0 aliphatic heterocycles. The maximum atomic E-state index is 12.0. The maximum Gasteiger partial charge on any atom is 0.472 e. The summed E-state index contributed by atoms with van der Waals surface area (Å²) in [6.45, 7) is 1.70. The number of esters is 2. The molecular formula is C23H45O10P. The maximum absolute atomic E-state index is 12.0. The second-order valence-corrected chi connectivity index (χ2v) is 9.78. The van der Waals surface area contributed by atoms with Gasteiger partial charge in [-0.3, -0.25) is 18.6 Å². The molecule has 0 radical (unpaired) electrons. The van der Waals surface area contributed by atoms with Crippen molar-refractivity contribution in [2.75, 3.05) is 26.4 Å². The second-order valence-electron chi connectivity index (χ2n) is 8.33. The van der Waals surface area contributed by atoms with Gasteiger partial charge < -0.3 is 24.6 Å². The van der Waals surface area contributed by atoms with E-state index in [9.17, 15) is 29.3 Å². The number of ether oxygens (including phenoxy) is 2. The molecule has 0 fully saturated rings. The fraction of sp³-hybridized carbons (Fsp3) is 0.913. The molecule has 11 heteroatoms. The van der Waals surface area contributed by atoms with Crippen molar-refractivity contribution in [3.63, 3.8) is 0 Å². The number of phosphoric ester groups is 1. The summed E-state index contributed by atoms with van der Waals surface area (Å²) in [5.41, 5.74) is 0. The van der Waals surface area contributed by atoms with Crippen LogP contribution in [0.25, 0.3) is 0 Å². The summed E-state index contributed by atoms with van der Waals surface area (Å²) in [4.78, 5) is 33.2. The lowest BCUT2D eigenvalue weighted by molar-refractivity contribution is -0.153. The van der Waals surface area contributed by atoms with Crippen LogP contribution in [-0.4, -0.2) is 65.7 Å². The van der Waals surface area contributed by atoms with E-state index in [1.165, 1.54) is 38.5 Å². The fourth-order valence-corrected chi connectivity index (χ4v) is 3.87. The van der Waals surface area contributed by atoms with Crippen LogP contribution in [0, 0.1) is 0 Å². The van der Waals surface area contributed by atoms with E-state index in [1.54, 1.807) is 6.92 Å². The molecule has 0 aliphatic rings. The van der Waals surface area contributed by atoms with Gasteiger partial charge in [-0.2, -0.15) is 0 Å². The standard InChI is InChI=1S/C23H45O10P/c1-3-5-6-7-8-9-10-11-12-13-15-23(27)33-21(17-25)19-31-34(28,29)30-18-20(16-24)32-22(26)14-4-2/h20-21,24-25H,3-19H2,1-2H3,(H,28,29). The number of aliphatic hydroxyl groups excluding tert-OH is 2. The Morgan fingerprint density at radius 3 is 1.50 bits per heavy atom. The van der Waals surface area contributed by atoms with Crippen molar-refractivity contribution >= 4 is 19.8 Å². The van der Waals surface area contributed by atoms with Crippen LogP contribution in [0.4, 0.5) is 0 Å². The highest BCUT2D eigenvalue weighted by atomic mass is 31.2. The average Bonchev–Trinajstić information content (AvgIpc) is 2.80. The second kappa shape index (κ2) is 21.3. The van der Waals surface area contributed by atoms with Gasteiger partial charge in [-0.05, 0) is 12.8 Å². The van der Waals surface area contributed by atoms with Gasteiger partial charge in [0.2, 0.25) is 0 Å². The molecule has 0 amide bonds. The number of carbonyl (C=O) groups excluding carboxylic acids is 2. The van der Waals surface area contributed by atoms with Crippen molar-refractivity contribution in [1.82, 2.24) is 0 Å². The zero-order chi connectivity index (χ0) is 25.7. The van der Waals surface area contributed by atoms with E-state index in [-0.39, 0.29) is 12.8 Å². The molecule has 0 aromatic carbocycles. The molecule has 202 valence electrons. The number of hydrogen-bond donors (Lipinski definition) is 3. The number of aliphatic hydroxyl groups is 2. The molecule has 0 aromatic rings. The molecule has 3 N–H and O–H groups in total. The van der Waals surface area contributed by atoms with Gasteiger partial charge in [0.15, 0.2) is 0 Å². The summed E-state index contributed by atoms with van der Waals surface area (Å²) < 4.78 is 31.5. The van der Waals surface area contributed by atoms with Crippen LogP contribution in [-0.2, 0) is 32.7 Å². The van der Waals surface area contributed by atoms with Crippen molar-refractivity contribution in [1.29, 1.82) is 0 Å². The summed E-state index contributed by atoms with van der Waals surface area (Å²) in [7, 11) is -4.58. The van der Waals surface area contributed by atoms with E-state index in [2.05, 4.69) is 6.92 Å². The fourth-order valence-electron chi connectivity index (χ4n) is 3.09. The third kappa shape index (κ3) is 19.3. The first-order valence-electron chi connectivity index (χ1n) is 12.5. The molecule has 0 aliphatic carbocycles. The Labute approximate surface area is 203 Å². The van der Waals surface area contributed by atoms with Crippen LogP contribution in [0.15, 0.2) is 0 Å². The van der Waals surface area contributed by atoms with Crippen LogP contribution in [0.5, 0.6) is 0 Å². The largest absolute Gasteiger partial charge is 0.472 e. The molecule has 10 nitrogen and oxygen atoms in total. The Balaban J connectivity index is 4.06.